The molecule has 1 amide bonds. The van der Waals surface area contributed by atoms with Crippen molar-refractivity contribution < 1.29 is 18.3 Å². The lowest BCUT2D eigenvalue weighted by atomic mass is 10.1. The molecule has 1 saturated heterocycles. The van der Waals surface area contributed by atoms with Crippen molar-refractivity contribution in [1.82, 2.24) is 14.7 Å². The maximum atomic E-state index is 15.3. The van der Waals surface area contributed by atoms with Crippen molar-refractivity contribution in [3.05, 3.63) is 88.3 Å². The molecule has 0 unspecified atom stereocenters. The van der Waals surface area contributed by atoms with Crippen molar-refractivity contribution >= 4 is 34.5 Å². The predicted molar refractivity (Wildman–Crippen MR) is 154 cm³/mol. The van der Waals surface area contributed by atoms with E-state index in [9.17, 15) is 9.18 Å². The summed E-state index contributed by atoms with van der Waals surface area (Å²) < 4.78 is 36.7. The van der Waals surface area contributed by atoms with E-state index >= 15 is 4.39 Å². The van der Waals surface area contributed by atoms with E-state index in [0.717, 1.165) is 5.69 Å². The summed E-state index contributed by atoms with van der Waals surface area (Å²) in [6.45, 7) is 8.15. The van der Waals surface area contributed by atoms with E-state index in [-0.39, 0.29) is 35.9 Å². The number of halogens is 3. The second-order valence-electron chi connectivity index (χ2n) is 9.84. The molecule has 2 aromatic carbocycles. The quantitative estimate of drug-likeness (QED) is 0.288. The summed E-state index contributed by atoms with van der Waals surface area (Å²) in [7, 11) is 0. The van der Waals surface area contributed by atoms with Crippen molar-refractivity contribution in [3.8, 4) is 5.75 Å². The van der Waals surface area contributed by atoms with Gasteiger partial charge in [0.2, 0.25) is 0 Å². The molecule has 2 aromatic heterocycles. The van der Waals surface area contributed by atoms with E-state index in [1.165, 1.54) is 12.1 Å². The standard InChI is InChI=1S/C30H32ClF2N5O2/c1-4-25-29(38-18-21(31)7-11-28(38)35-25)30(39)34-16-20-6-9-26(23(32)14-20)36-12-13-37(19(3)17-36)22-8-10-27(40-5-2)24(33)15-22/h6-11,14-15,18-19H,4-5,12-13,16-17H2,1-3H3,(H,34,39)/t19-/m0/s1. The van der Waals surface area contributed by atoms with Gasteiger partial charge in [0, 0.05) is 50.2 Å². The highest BCUT2D eigenvalue weighted by Gasteiger charge is 2.26. The van der Waals surface area contributed by atoms with E-state index in [4.69, 9.17) is 16.3 Å². The van der Waals surface area contributed by atoms with Crippen molar-refractivity contribution in [2.45, 2.75) is 39.8 Å². The minimum atomic E-state index is -0.390. The minimum Gasteiger partial charge on any atom is -0.491 e. The van der Waals surface area contributed by atoms with Crippen LogP contribution < -0.4 is 19.9 Å². The molecule has 4 aromatic rings. The number of rotatable bonds is 8. The first-order valence-electron chi connectivity index (χ1n) is 13.5. The first kappa shape index (κ1) is 27.7. The molecule has 10 heteroatoms. The highest BCUT2D eigenvalue weighted by molar-refractivity contribution is 6.30. The summed E-state index contributed by atoms with van der Waals surface area (Å²) in [6, 6.07) is 13.6. The van der Waals surface area contributed by atoms with Crippen molar-refractivity contribution in [2.75, 3.05) is 36.0 Å². The average molecular weight is 568 g/mol. The maximum Gasteiger partial charge on any atom is 0.270 e. The van der Waals surface area contributed by atoms with Gasteiger partial charge in [-0.25, -0.2) is 13.8 Å². The summed E-state index contributed by atoms with van der Waals surface area (Å²) in [6.07, 6.45) is 2.25. The number of fused-ring (bicyclic) bond motifs is 1. The van der Waals surface area contributed by atoms with Crippen LogP contribution in [-0.2, 0) is 13.0 Å². The number of aromatic nitrogens is 2. The lowest BCUT2D eigenvalue weighted by Gasteiger charge is -2.42. The minimum absolute atomic E-state index is 0.0381. The molecule has 0 bridgehead atoms. The van der Waals surface area contributed by atoms with Crippen LogP contribution in [0.2, 0.25) is 5.02 Å². The molecule has 3 heterocycles. The Hall–Kier alpha value is -3.85. The zero-order valence-corrected chi connectivity index (χ0v) is 23.5. The molecule has 1 atom stereocenters. The number of amides is 1. The van der Waals surface area contributed by atoms with Gasteiger partial charge in [-0.3, -0.25) is 9.20 Å². The smallest absolute Gasteiger partial charge is 0.270 e. The fraction of sp³-hybridized carbons (Fsp3) is 0.333. The van der Waals surface area contributed by atoms with Crippen LogP contribution >= 0.6 is 11.6 Å². The van der Waals surface area contributed by atoms with Gasteiger partial charge in [0.05, 0.1) is 23.0 Å². The van der Waals surface area contributed by atoms with Crippen LogP contribution in [0.5, 0.6) is 5.75 Å². The van der Waals surface area contributed by atoms with Gasteiger partial charge in [0.15, 0.2) is 11.6 Å². The molecule has 7 nitrogen and oxygen atoms in total. The number of nitrogens with zero attached hydrogens (tertiary/aromatic N) is 4. The molecule has 0 radical (unpaired) electrons. The Bertz CT molecular complexity index is 1540. The van der Waals surface area contributed by atoms with Gasteiger partial charge >= 0.3 is 0 Å². The Morgan fingerprint density at radius 2 is 1.93 bits per heavy atom. The lowest BCUT2D eigenvalue weighted by Crippen LogP contribution is -2.52. The largest absolute Gasteiger partial charge is 0.491 e. The summed E-state index contributed by atoms with van der Waals surface area (Å²) in [4.78, 5) is 21.7. The molecule has 1 aliphatic rings. The van der Waals surface area contributed by atoms with Gasteiger partial charge in [-0.2, -0.15) is 0 Å². The molecule has 0 spiro atoms. The molecule has 40 heavy (non-hydrogen) atoms. The topological polar surface area (TPSA) is 62.1 Å². The third kappa shape index (κ3) is 5.56. The Balaban J connectivity index is 1.24. The zero-order valence-electron chi connectivity index (χ0n) is 22.8. The maximum absolute atomic E-state index is 15.3. The van der Waals surface area contributed by atoms with E-state index in [1.807, 2.05) is 37.8 Å². The summed E-state index contributed by atoms with van der Waals surface area (Å²) in [5.41, 5.74) is 3.67. The number of imidazole rings is 1. The fourth-order valence-electron chi connectivity index (χ4n) is 5.24. The van der Waals surface area contributed by atoms with E-state index in [2.05, 4.69) is 15.2 Å². The van der Waals surface area contributed by atoms with Crippen LogP contribution in [0.15, 0.2) is 54.7 Å². The third-order valence-electron chi connectivity index (χ3n) is 7.18. The molecule has 5 rings (SSSR count). The van der Waals surface area contributed by atoms with Crippen molar-refractivity contribution in [3.63, 3.8) is 0 Å². The fourth-order valence-corrected chi connectivity index (χ4v) is 5.40. The van der Waals surface area contributed by atoms with Crippen LogP contribution in [0.4, 0.5) is 20.2 Å². The Kier molecular flexibility index (Phi) is 8.12. The van der Waals surface area contributed by atoms with Crippen LogP contribution in [0.1, 0.15) is 42.5 Å². The average Bonchev–Trinajstić information content (AvgIpc) is 3.31. The second kappa shape index (κ2) is 11.7. The number of ether oxygens (including phenoxy) is 1. The molecular weight excluding hydrogens is 536 g/mol. The Labute approximate surface area is 237 Å². The summed E-state index contributed by atoms with van der Waals surface area (Å²) in [5.74, 6) is -0.800. The number of aryl methyl sites for hydroxylation is 1. The molecule has 0 saturated carbocycles. The van der Waals surface area contributed by atoms with Gasteiger partial charge in [0.1, 0.15) is 17.2 Å². The van der Waals surface area contributed by atoms with Gasteiger partial charge in [0.25, 0.3) is 5.91 Å². The molecule has 1 fully saturated rings. The first-order chi connectivity index (χ1) is 19.3. The van der Waals surface area contributed by atoms with E-state index < -0.39 is 0 Å². The first-order valence-corrected chi connectivity index (χ1v) is 13.8. The normalized spacial score (nSPS) is 15.5. The van der Waals surface area contributed by atoms with Gasteiger partial charge < -0.3 is 19.9 Å². The number of hydrogen-bond acceptors (Lipinski definition) is 5. The van der Waals surface area contributed by atoms with Crippen LogP contribution in [0.3, 0.4) is 0 Å². The number of piperazine rings is 1. The van der Waals surface area contributed by atoms with Crippen molar-refractivity contribution in [1.29, 1.82) is 0 Å². The number of carbonyl (C=O) groups is 1. The summed E-state index contributed by atoms with van der Waals surface area (Å²) in [5, 5.41) is 3.39. The SMILES string of the molecule is CCOc1ccc(N2CCN(c3ccc(CNC(=O)c4c(CC)nc5ccc(Cl)cn45)cc3F)C[C@@H]2C)cc1F. The van der Waals surface area contributed by atoms with E-state index in [1.54, 1.807) is 34.9 Å². The Morgan fingerprint density at radius 1 is 1.10 bits per heavy atom. The number of hydrogen-bond donors (Lipinski definition) is 1. The number of benzene rings is 2. The molecule has 210 valence electrons. The second-order valence-corrected chi connectivity index (χ2v) is 10.3. The predicted octanol–water partition coefficient (Wildman–Crippen LogP) is 5.87. The van der Waals surface area contributed by atoms with Gasteiger partial charge in [-0.1, -0.05) is 24.6 Å². The zero-order chi connectivity index (χ0) is 28.4. The lowest BCUT2D eigenvalue weighted by molar-refractivity contribution is 0.0944. The van der Waals surface area contributed by atoms with Crippen molar-refractivity contribution in [2.24, 2.45) is 0 Å². The highest BCUT2D eigenvalue weighted by Crippen LogP contribution is 2.29. The van der Waals surface area contributed by atoms with Gasteiger partial charge in [-0.05, 0) is 62.2 Å². The highest BCUT2D eigenvalue weighted by atomic mass is 35.5. The number of nitrogens with one attached hydrogen (secondary N) is 1. The molecule has 0 aliphatic carbocycles. The van der Waals surface area contributed by atoms with E-state index in [0.29, 0.717) is 66.0 Å². The van der Waals surface area contributed by atoms with Gasteiger partial charge in [-0.15, -0.1) is 0 Å². The van der Waals surface area contributed by atoms with Crippen LogP contribution in [0.25, 0.3) is 5.65 Å². The Morgan fingerprint density at radius 3 is 2.62 bits per heavy atom. The monoisotopic (exact) mass is 567 g/mol. The third-order valence-corrected chi connectivity index (χ3v) is 7.41. The molecule has 1 aliphatic heterocycles. The summed E-state index contributed by atoms with van der Waals surface area (Å²) >= 11 is 6.14. The number of carbonyl (C=O) groups excluding carboxylic acids is 1. The number of pyridine rings is 1. The molecule has 1 N–H and O–H groups in total. The van der Waals surface area contributed by atoms with Crippen LogP contribution in [-0.4, -0.2) is 47.6 Å². The number of anilines is 2. The van der Waals surface area contributed by atoms with Crippen LogP contribution in [0, 0.1) is 11.6 Å². The molecular formula is C30H32ClF2N5O2.